The van der Waals surface area contributed by atoms with E-state index in [1.165, 1.54) is 0 Å². The number of nitrogens with zero attached hydrogens (tertiary/aromatic N) is 6. The first kappa shape index (κ1) is 24.4. The summed E-state index contributed by atoms with van der Waals surface area (Å²) >= 11 is 1.68. The number of thiophene rings is 1. The highest BCUT2D eigenvalue weighted by Crippen LogP contribution is 2.31. The van der Waals surface area contributed by atoms with E-state index in [0.717, 1.165) is 70.7 Å². The van der Waals surface area contributed by atoms with E-state index in [-0.39, 0.29) is 6.10 Å². The molecule has 0 unspecified atom stereocenters. The summed E-state index contributed by atoms with van der Waals surface area (Å²) in [4.78, 5) is 15.6. The summed E-state index contributed by atoms with van der Waals surface area (Å²) in [6, 6.07) is 10.7. The first-order chi connectivity index (χ1) is 17.5. The molecular weight excluding hydrogens is 470 g/mol. The SMILES string of the molecule is C=C(NC[C@H](C)N(C)CC)c1cc(-c2cnn3ccc(-c4cccs4)nc23)nc(N2CC(OC)C2)c1. The average molecular weight is 504 g/mol. The van der Waals surface area contributed by atoms with E-state index in [2.05, 4.69) is 71.3 Å². The summed E-state index contributed by atoms with van der Waals surface area (Å²) in [5, 5.41) is 10.1. The predicted molar refractivity (Wildman–Crippen MR) is 147 cm³/mol. The Morgan fingerprint density at radius 2 is 2.11 bits per heavy atom. The first-order valence-corrected chi connectivity index (χ1v) is 13.2. The van der Waals surface area contributed by atoms with Crippen molar-refractivity contribution in [2.75, 3.05) is 45.2 Å². The lowest BCUT2D eigenvalue weighted by molar-refractivity contribution is 0.0783. The van der Waals surface area contributed by atoms with Gasteiger partial charge in [0.05, 0.1) is 34.1 Å². The lowest BCUT2D eigenvalue weighted by Crippen LogP contribution is -2.52. The molecule has 0 spiro atoms. The number of rotatable bonds is 10. The third kappa shape index (κ3) is 4.86. The fraction of sp³-hybridized carbons (Fsp3) is 0.370. The van der Waals surface area contributed by atoms with Crippen LogP contribution in [-0.2, 0) is 4.74 Å². The van der Waals surface area contributed by atoms with Gasteiger partial charge in [-0.2, -0.15) is 5.10 Å². The summed E-state index contributed by atoms with van der Waals surface area (Å²) in [7, 11) is 3.89. The number of anilines is 1. The van der Waals surface area contributed by atoms with Gasteiger partial charge in [-0.05, 0) is 50.2 Å². The second kappa shape index (κ2) is 10.4. The number of nitrogens with one attached hydrogen (secondary N) is 1. The van der Waals surface area contributed by atoms with E-state index in [4.69, 9.17) is 14.7 Å². The molecule has 0 aliphatic carbocycles. The average Bonchev–Trinajstić information content (AvgIpc) is 3.55. The van der Waals surface area contributed by atoms with E-state index in [0.29, 0.717) is 6.04 Å². The molecule has 0 aromatic carbocycles. The van der Waals surface area contributed by atoms with Gasteiger partial charge in [-0.1, -0.05) is 19.6 Å². The van der Waals surface area contributed by atoms with Crippen molar-refractivity contribution in [2.45, 2.75) is 26.0 Å². The quantitative estimate of drug-likeness (QED) is 0.347. The van der Waals surface area contributed by atoms with Crippen molar-refractivity contribution in [3.8, 4) is 21.8 Å². The number of ether oxygens (including phenoxy) is 1. The van der Waals surface area contributed by atoms with Crippen molar-refractivity contribution >= 4 is 28.5 Å². The van der Waals surface area contributed by atoms with Crippen molar-refractivity contribution in [1.29, 1.82) is 0 Å². The zero-order chi connectivity index (χ0) is 25.2. The molecule has 0 radical (unpaired) electrons. The summed E-state index contributed by atoms with van der Waals surface area (Å²) in [6.45, 7) is 12.2. The molecular formula is C27H33N7OS. The van der Waals surface area contributed by atoms with E-state index in [1.54, 1.807) is 23.0 Å². The van der Waals surface area contributed by atoms with E-state index >= 15 is 0 Å². The van der Waals surface area contributed by atoms with Crippen LogP contribution in [0.15, 0.2) is 54.7 Å². The van der Waals surface area contributed by atoms with Gasteiger partial charge in [-0.15, -0.1) is 11.3 Å². The largest absolute Gasteiger partial charge is 0.383 e. The summed E-state index contributed by atoms with van der Waals surface area (Å²) < 4.78 is 7.30. The zero-order valence-corrected chi connectivity index (χ0v) is 22.1. The van der Waals surface area contributed by atoms with Crippen molar-refractivity contribution in [3.63, 3.8) is 0 Å². The Labute approximate surface area is 216 Å². The maximum atomic E-state index is 5.50. The third-order valence-electron chi connectivity index (χ3n) is 6.95. The van der Waals surface area contributed by atoms with Crippen LogP contribution in [-0.4, -0.2) is 77.0 Å². The van der Waals surface area contributed by atoms with Crippen molar-refractivity contribution in [2.24, 2.45) is 0 Å². The molecule has 1 aliphatic rings. The molecule has 188 valence electrons. The van der Waals surface area contributed by atoms with Crippen LogP contribution < -0.4 is 10.2 Å². The van der Waals surface area contributed by atoms with Gasteiger partial charge in [0, 0.05) is 50.2 Å². The third-order valence-corrected chi connectivity index (χ3v) is 7.84. The molecule has 1 atom stereocenters. The highest BCUT2D eigenvalue weighted by Gasteiger charge is 2.28. The minimum Gasteiger partial charge on any atom is -0.383 e. The Morgan fingerprint density at radius 3 is 2.83 bits per heavy atom. The Morgan fingerprint density at radius 1 is 1.28 bits per heavy atom. The molecule has 1 aliphatic heterocycles. The Bertz CT molecular complexity index is 1340. The molecule has 5 heterocycles. The molecule has 0 saturated carbocycles. The Kier molecular flexibility index (Phi) is 7.04. The van der Waals surface area contributed by atoms with E-state index in [1.807, 2.05) is 24.5 Å². The fourth-order valence-corrected chi connectivity index (χ4v) is 4.91. The van der Waals surface area contributed by atoms with Crippen LogP contribution in [0.4, 0.5) is 5.82 Å². The number of hydrogen-bond acceptors (Lipinski definition) is 8. The van der Waals surface area contributed by atoms with Gasteiger partial charge in [0.15, 0.2) is 5.65 Å². The normalized spacial score (nSPS) is 14.9. The van der Waals surface area contributed by atoms with Crippen molar-refractivity contribution in [3.05, 3.63) is 60.2 Å². The summed E-state index contributed by atoms with van der Waals surface area (Å²) in [5.41, 5.74) is 5.33. The molecule has 36 heavy (non-hydrogen) atoms. The summed E-state index contributed by atoms with van der Waals surface area (Å²) in [6.07, 6.45) is 4.03. The lowest BCUT2D eigenvalue weighted by Gasteiger charge is -2.39. The van der Waals surface area contributed by atoms with Crippen molar-refractivity contribution < 1.29 is 4.74 Å². The van der Waals surface area contributed by atoms with Crippen LogP contribution in [0.3, 0.4) is 0 Å². The highest BCUT2D eigenvalue weighted by molar-refractivity contribution is 7.13. The minimum atomic E-state index is 0.234. The summed E-state index contributed by atoms with van der Waals surface area (Å²) in [5.74, 6) is 0.909. The maximum Gasteiger partial charge on any atom is 0.165 e. The second-order valence-electron chi connectivity index (χ2n) is 9.26. The molecule has 5 rings (SSSR count). The molecule has 4 aromatic rings. The molecule has 0 bridgehead atoms. The van der Waals surface area contributed by atoms with Gasteiger partial charge in [0.1, 0.15) is 5.82 Å². The minimum absolute atomic E-state index is 0.234. The van der Waals surface area contributed by atoms with Gasteiger partial charge in [-0.25, -0.2) is 14.5 Å². The van der Waals surface area contributed by atoms with Gasteiger partial charge in [-0.3, -0.25) is 0 Å². The van der Waals surface area contributed by atoms with Gasteiger partial charge < -0.3 is 19.9 Å². The van der Waals surface area contributed by atoms with Crippen LogP contribution in [0.1, 0.15) is 19.4 Å². The van der Waals surface area contributed by atoms with Crippen LogP contribution in [0.2, 0.25) is 0 Å². The van der Waals surface area contributed by atoms with Crippen LogP contribution >= 0.6 is 11.3 Å². The van der Waals surface area contributed by atoms with Crippen molar-refractivity contribution in [1.82, 2.24) is 29.8 Å². The number of fused-ring (bicyclic) bond motifs is 1. The van der Waals surface area contributed by atoms with E-state index < -0.39 is 0 Å². The smallest absolute Gasteiger partial charge is 0.165 e. The van der Waals surface area contributed by atoms with Crippen LogP contribution in [0.5, 0.6) is 0 Å². The number of methoxy groups -OCH3 is 1. The topological polar surface area (TPSA) is 70.8 Å². The first-order valence-electron chi connectivity index (χ1n) is 12.3. The number of aromatic nitrogens is 4. The molecule has 1 fully saturated rings. The molecule has 1 N–H and O–H groups in total. The predicted octanol–water partition coefficient (Wildman–Crippen LogP) is 4.26. The van der Waals surface area contributed by atoms with Crippen LogP contribution in [0, 0.1) is 0 Å². The van der Waals surface area contributed by atoms with E-state index in [9.17, 15) is 0 Å². The standard InChI is InChI=1S/C27H33N7OS/c1-6-32(4)18(2)14-28-19(3)20-12-24(30-26(13-20)33-16-21(17-33)35-5)22-15-29-34-10-9-23(31-27(22)34)25-8-7-11-36-25/h7-13,15,18,21,28H,3,6,14,16-17H2,1-2,4-5H3/t18-/m0/s1. The zero-order valence-electron chi connectivity index (χ0n) is 21.3. The molecule has 8 nitrogen and oxygen atoms in total. The molecule has 4 aromatic heterocycles. The maximum absolute atomic E-state index is 5.50. The molecule has 1 saturated heterocycles. The van der Waals surface area contributed by atoms with Gasteiger partial charge >= 0.3 is 0 Å². The van der Waals surface area contributed by atoms with Gasteiger partial charge in [0.2, 0.25) is 0 Å². The monoisotopic (exact) mass is 503 g/mol. The van der Waals surface area contributed by atoms with Gasteiger partial charge in [0.25, 0.3) is 0 Å². The number of hydrogen-bond donors (Lipinski definition) is 1. The number of likely N-dealkylation sites (N-methyl/N-ethyl adjacent to an activating group) is 1. The number of pyridine rings is 1. The molecule has 0 amide bonds. The fourth-order valence-electron chi connectivity index (χ4n) is 4.22. The lowest BCUT2D eigenvalue weighted by atomic mass is 10.1. The Hall–Kier alpha value is -3.27. The Balaban J connectivity index is 1.50. The highest BCUT2D eigenvalue weighted by atomic mass is 32.1. The second-order valence-corrected chi connectivity index (χ2v) is 10.2. The molecule has 9 heteroatoms. The van der Waals surface area contributed by atoms with Crippen LogP contribution in [0.25, 0.3) is 33.2 Å².